The smallest absolute Gasteiger partial charge is 0.187 e. The van der Waals surface area contributed by atoms with E-state index in [1.54, 1.807) is 158 Å². The molecule has 0 saturated heterocycles. The van der Waals surface area contributed by atoms with E-state index < -0.39 is 23.3 Å². The number of anilines is 12. The van der Waals surface area contributed by atoms with Gasteiger partial charge in [0.25, 0.3) is 0 Å². The third-order valence-electron chi connectivity index (χ3n) is 28.2. The van der Waals surface area contributed by atoms with Gasteiger partial charge in [-0.05, 0) is 320 Å². The third kappa shape index (κ3) is 16.9. The Kier molecular flexibility index (Phi) is 24.2. The second-order valence-electron chi connectivity index (χ2n) is 37.2. The van der Waals surface area contributed by atoms with Gasteiger partial charge in [-0.2, -0.15) is 5.26 Å². The number of hydrogen-bond donors (Lipinski definition) is 0. The lowest BCUT2D eigenvalue weighted by Gasteiger charge is -2.32. The van der Waals surface area contributed by atoms with E-state index in [1.807, 2.05) is 133 Å². The first-order chi connectivity index (χ1) is 72.3. The summed E-state index contributed by atoms with van der Waals surface area (Å²) in [4.78, 5) is 12.3. The van der Waals surface area contributed by atoms with Gasteiger partial charge in [0.1, 0.15) is 46.5 Å². The summed E-state index contributed by atoms with van der Waals surface area (Å²) in [5, 5.41) is 21.6. The van der Waals surface area contributed by atoms with Crippen molar-refractivity contribution in [1.29, 1.82) is 5.26 Å². The third-order valence-corrected chi connectivity index (χ3v) is 28.2. The van der Waals surface area contributed by atoms with Crippen molar-refractivity contribution in [2.24, 2.45) is 0 Å². The molecule has 708 valence electrons. The molecule has 0 amide bonds. The SMILES string of the molecule is Cc1cccc(C)c1N(c1cc(-c2ccccc2F)cc(-c2ccccc2F)c1)c1ccc2ccc3c(N(c4cc(-c5ccccc5F)cc(-c5ccccc5F)c4)c4c(C)cccc4C)ccc4ccc1c2c43.[C-]#[N+]c1ccc(N(c2cc(-c3ccccc3F)cc(-c3ccccc3F)c2)c2ccc3ccc4c(N(c5ccc(C#N)cc5)c5cc(-c6ccccc6F)cc(-c6ccccc6F)c5)ccc5ccc2c3c54)cc1. The second-order valence-corrected chi connectivity index (χ2v) is 37.2. The molecule has 24 aromatic rings. The number of nitriles is 1. The van der Waals surface area contributed by atoms with Crippen molar-refractivity contribution in [2.75, 3.05) is 19.6 Å². The fraction of sp³-hybridized carbons (Fsp3) is 0.0299. The molecule has 0 aliphatic carbocycles. The van der Waals surface area contributed by atoms with E-state index in [1.165, 1.54) is 48.5 Å². The van der Waals surface area contributed by atoms with Crippen LogP contribution in [-0.2, 0) is 0 Å². The average molecular weight is 1930 g/mol. The number of halogens is 8. The number of para-hydroxylation sites is 2. The predicted molar refractivity (Wildman–Crippen MR) is 592 cm³/mol. The van der Waals surface area contributed by atoms with Crippen molar-refractivity contribution in [3.63, 3.8) is 0 Å². The molecule has 24 rings (SSSR count). The van der Waals surface area contributed by atoms with Gasteiger partial charge in [0, 0.05) is 100 Å². The van der Waals surface area contributed by atoms with Gasteiger partial charge in [0.2, 0.25) is 0 Å². The van der Waals surface area contributed by atoms with E-state index in [2.05, 4.69) is 167 Å². The Morgan fingerprint density at radius 3 is 0.628 bits per heavy atom. The van der Waals surface area contributed by atoms with Crippen molar-refractivity contribution < 1.29 is 35.1 Å². The van der Waals surface area contributed by atoms with Crippen LogP contribution in [0.4, 0.5) is 109 Å². The average Bonchev–Trinajstić information content (AvgIpc) is 0.717. The Bertz CT molecular complexity index is 8640. The molecule has 0 bridgehead atoms. The minimum Gasteiger partial charge on any atom is -0.310 e. The van der Waals surface area contributed by atoms with Crippen LogP contribution in [0.25, 0.3) is 158 Å². The van der Waals surface area contributed by atoms with Gasteiger partial charge >= 0.3 is 0 Å². The lowest BCUT2D eigenvalue weighted by Crippen LogP contribution is -2.14. The molecule has 0 aliphatic heterocycles. The highest BCUT2D eigenvalue weighted by molar-refractivity contribution is 6.30. The van der Waals surface area contributed by atoms with Crippen molar-refractivity contribution in [3.05, 3.63) is 535 Å². The molecule has 6 nitrogen and oxygen atoms in total. The lowest BCUT2D eigenvalue weighted by atomic mass is 9.90. The van der Waals surface area contributed by atoms with Gasteiger partial charge in [-0.25, -0.2) is 40.0 Å². The van der Waals surface area contributed by atoms with Crippen LogP contribution in [0.2, 0.25) is 0 Å². The minimum atomic E-state index is -0.425. The maximum Gasteiger partial charge on any atom is 0.187 e. The van der Waals surface area contributed by atoms with Crippen LogP contribution in [0.3, 0.4) is 0 Å². The van der Waals surface area contributed by atoms with Gasteiger partial charge < -0.3 is 19.6 Å². The van der Waals surface area contributed by atoms with Gasteiger partial charge in [0.15, 0.2) is 5.69 Å². The summed E-state index contributed by atoms with van der Waals surface area (Å²) >= 11 is 0. The zero-order chi connectivity index (χ0) is 101. The summed E-state index contributed by atoms with van der Waals surface area (Å²) < 4.78 is 127. The quantitative estimate of drug-likeness (QED) is 0.0432. The molecule has 0 spiro atoms. The van der Waals surface area contributed by atoms with Crippen LogP contribution in [0.15, 0.2) is 449 Å². The highest BCUT2D eigenvalue weighted by Crippen LogP contribution is 2.55. The Morgan fingerprint density at radius 1 is 0.209 bits per heavy atom. The minimum absolute atomic E-state index is 0.350. The summed E-state index contributed by atoms with van der Waals surface area (Å²) in [6, 6.07) is 139. The summed E-state index contributed by atoms with van der Waals surface area (Å²) in [6.07, 6.45) is 0. The second kappa shape index (κ2) is 38.7. The van der Waals surface area contributed by atoms with E-state index in [0.29, 0.717) is 123 Å². The predicted octanol–water partition coefficient (Wildman–Crippen LogP) is 39.2. The summed E-state index contributed by atoms with van der Waals surface area (Å²) in [5.74, 6) is -3.20. The highest BCUT2D eigenvalue weighted by Gasteiger charge is 2.31. The molecular weight excluding hydrogens is 1850 g/mol. The fourth-order valence-electron chi connectivity index (χ4n) is 21.4. The summed E-state index contributed by atoms with van der Waals surface area (Å²) in [7, 11) is 0. The number of aryl methyl sites for hydroxylation is 4. The molecule has 0 atom stereocenters. The molecule has 0 unspecified atom stereocenters. The molecule has 0 radical (unpaired) electrons. The molecular formula is C134H86F8N6. The first kappa shape index (κ1) is 92.7. The molecule has 0 fully saturated rings. The molecule has 24 aromatic carbocycles. The molecule has 0 N–H and O–H groups in total. The van der Waals surface area contributed by atoms with E-state index >= 15 is 35.1 Å². The van der Waals surface area contributed by atoms with Crippen LogP contribution in [-0.4, -0.2) is 0 Å². The molecule has 0 heterocycles. The Labute approximate surface area is 850 Å². The van der Waals surface area contributed by atoms with Crippen LogP contribution >= 0.6 is 0 Å². The Hall–Kier alpha value is -19.0. The Balaban J connectivity index is 0.000000163. The van der Waals surface area contributed by atoms with E-state index in [-0.39, 0.29) is 23.3 Å². The van der Waals surface area contributed by atoms with Crippen LogP contribution in [0.1, 0.15) is 27.8 Å². The monoisotopic (exact) mass is 1930 g/mol. The Morgan fingerprint density at radius 2 is 0.412 bits per heavy atom. The molecule has 14 heteroatoms. The topological polar surface area (TPSA) is 41.1 Å². The van der Waals surface area contributed by atoms with Crippen molar-refractivity contribution in [3.8, 4) is 95.1 Å². The van der Waals surface area contributed by atoms with Gasteiger partial charge in [-0.1, -0.05) is 267 Å². The fourth-order valence-corrected chi connectivity index (χ4v) is 21.4. The highest BCUT2D eigenvalue weighted by atomic mass is 19.2. The van der Waals surface area contributed by atoms with E-state index in [9.17, 15) is 5.26 Å². The van der Waals surface area contributed by atoms with Crippen LogP contribution < -0.4 is 19.6 Å². The van der Waals surface area contributed by atoms with E-state index in [0.717, 1.165) is 132 Å². The van der Waals surface area contributed by atoms with Crippen molar-refractivity contribution in [1.82, 2.24) is 0 Å². The number of nitrogens with zero attached hydrogens (tertiary/aromatic N) is 6. The zero-order valence-electron chi connectivity index (χ0n) is 80.4. The normalized spacial score (nSPS) is 11.4. The number of rotatable bonds is 20. The maximum atomic E-state index is 15.9. The standard InChI is InChI=1S/C68H48F4N2.C66H38F4N4/c1-41-15-13-16-42(2)67(41)73(51-37-47(53-19-5-9-23-59(53)69)35-48(38-51)54-20-6-10-24-60(54)70)63-33-29-45-28-32-58-64(34-30-46-27-31-57(63)65(45)66(46)58)74(68-43(3)17-14-18-44(68)4)52-39-49(55-21-7-11-25-61(55)71)36-50(40-52)56-22-8-12-26-62(56)72;1-72-48-24-28-50(29-25-48)74(52-38-46(55-12-4-8-16-61(55)69)35-47(39-52)56-13-5-9-17-62(56)70)64-33-23-43-20-30-57-63(32-22-42-21-31-58(64)66(43)65(42)57)73(49-26-18-41(40-71)19-27-49)51-36-44(53-10-2-6-14-59(53)67)34-45(37-51)54-11-3-7-15-60(54)68/h5-40H,1-4H3;2-39H. The largest absolute Gasteiger partial charge is 0.310 e. The first-order valence-electron chi connectivity index (χ1n) is 48.6. The van der Waals surface area contributed by atoms with Gasteiger partial charge in [-0.3, -0.25) is 0 Å². The summed E-state index contributed by atoms with van der Waals surface area (Å²) in [6.45, 7) is 16.1. The first-order valence-corrected chi connectivity index (χ1v) is 48.6. The van der Waals surface area contributed by atoms with Crippen LogP contribution in [0, 0.1) is 92.1 Å². The molecule has 0 aliphatic rings. The zero-order valence-corrected chi connectivity index (χ0v) is 80.4. The van der Waals surface area contributed by atoms with Crippen LogP contribution in [0.5, 0.6) is 0 Å². The lowest BCUT2D eigenvalue weighted by molar-refractivity contribution is 0.630. The number of hydrogen-bond acceptors (Lipinski definition) is 5. The van der Waals surface area contributed by atoms with Gasteiger partial charge in [-0.15, -0.1) is 0 Å². The van der Waals surface area contributed by atoms with Crippen molar-refractivity contribution in [2.45, 2.75) is 27.7 Å². The summed E-state index contributed by atoms with van der Waals surface area (Å²) in [5.41, 5.74) is 22.1. The molecule has 0 aromatic heterocycles. The molecule has 0 saturated carbocycles. The van der Waals surface area contributed by atoms with E-state index in [4.69, 9.17) is 6.57 Å². The van der Waals surface area contributed by atoms with Gasteiger partial charge in [0.05, 0.1) is 52.3 Å². The maximum absolute atomic E-state index is 15.9. The van der Waals surface area contributed by atoms with Crippen molar-refractivity contribution >= 4 is 139 Å². The number of benzene rings is 24. The molecule has 148 heavy (non-hydrogen) atoms.